The first-order chi connectivity index (χ1) is 11.6. The van der Waals surface area contributed by atoms with E-state index in [4.69, 9.17) is 0 Å². The summed E-state index contributed by atoms with van der Waals surface area (Å²) < 4.78 is 0. The van der Waals surface area contributed by atoms with Gasteiger partial charge < -0.3 is 9.80 Å². The minimum Gasteiger partial charge on any atom is -0.345 e. The van der Waals surface area contributed by atoms with Gasteiger partial charge in [-0.05, 0) is 24.5 Å². The Bertz CT molecular complexity index is 746. The van der Waals surface area contributed by atoms with Crippen LogP contribution in [0.2, 0.25) is 0 Å². The minimum atomic E-state index is -0.357. The third kappa shape index (κ3) is 2.27. The number of aromatic nitrogens is 2. The van der Waals surface area contributed by atoms with Crippen LogP contribution in [-0.2, 0) is 4.79 Å². The van der Waals surface area contributed by atoms with Crippen molar-refractivity contribution in [3.8, 4) is 0 Å². The van der Waals surface area contributed by atoms with E-state index in [1.54, 1.807) is 0 Å². The Labute approximate surface area is 142 Å². The Kier molecular flexibility index (Phi) is 3.52. The summed E-state index contributed by atoms with van der Waals surface area (Å²) in [6.45, 7) is 4.29. The monoisotopic (exact) mass is 322 g/mol. The topological polar surface area (TPSA) is 49.3 Å². The lowest BCUT2D eigenvalue weighted by Crippen LogP contribution is -2.38. The van der Waals surface area contributed by atoms with Gasteiger partial charge in [0, 0.05) is 45.0 Å². The van der Waals surface area contributed by atoms with E-state index in [-0.39, 0.29) is 17.2 Å². The summed E-state index contributed by atoms with van der Waals surface area (Å²) in [5, 5.41) is 0. The number of benzene rings is 1. The predicted octanol–water partition coefficient (Wildman–Crippen LogP) is 2.24. The molecule has 0 unspecified atom stereocenters. The number of rotatable bonds is 2. The van der Waals surface area contributed by atoms with Crippen LogP contribution in [0.5, 0.6) is 0 Å². The maximum absolute atomic E-state index is 13.0. The lowest BCUT2D eigenvalue weighted by atomic mass is 9.73. The van der Waals surface area contributed by atoms with E-state index < -0.39 is 0 Å². The Hall–Kier alpha value is -2.43. The number of hydrogen-bond donors (Lipinski definition) is 0. The number of nitrogens with zero attached hydrogens (tertiary/aromatic N) is 4. The quantitative estimate of drug-likeness (QED) is 0.851. The van der Waals surface area contributed by atoms with E-state index in [0.717, 1.165) is 31.0 Å². The molecule has 2 aromatic rings. The van der Waals surface area contributed by atoms with Crippen LogP contribution in [0.3, 0.4) is 0 Å². The fraction of sp³-hybridized carbons (Fsp3) is 0.421. The maximum atomic E-state index is 13.0. The molecule has 2 fully saturated rings. The molecular weight excluding hydrogens is 300 g/mol. The summed E-state index contributed by atoms with van der Waals surface area (Å²) in [4.78, 5) is 26.0. The lowest BCUT2D eigenvalue weighted by Gasteiger charge is -2.28. The average molecular weight is 322 g/mol. The third-order valence-electron chi connectivity index (χ3n) is 5.46. The highest BCUT2D eigenvalue weighted by molar-refractivity contribution is 5.87. The summed E-state index contributed by atoms with van der Waals surface area (Å²) >= 11 is 0. The van der Waals surface area contributed by atoms with Crippen LogP contribution >= 0.6 is 0 Å². The van der Waals surface area contributed by atoms with E-state index in [2.05, 4.69) is 39.1 Å². The molecule has 124 valence electrons. The molecule has 2 atom stereocenters. The smallest absolute Gasteiger partial charge is 0.231 e. The van der Waals surface area contributed by atoms with E-state index in [0.29, 0.717) is 6.54 Å². The Morgan fingerprint density at radius 2 is 1.88 bits per heavy atom. The molecule has 5 heteroatoms. The highest BCUT2D eigenvalue weighted by atomic mass is 16.2. The van der Waals surface area contributed by atoms with Gasteiger partial charge in [0.25, 0.3) is 0 Å². The van der Waals surface area contributed by atoms with Gasteiger partial charge in [-0.1, -0.05) is 30.3 Å². The summed E-state index contributed by atoms with van der Waals surface area (Å²) in [6, 6.07) is 10.4. The van der Waals surface area contributed by atoms with Crippen molar-refractivity contribution in [2.24, 2.45) is 5.41 Å². The summed E-state index contributed by atoms with van der Waals surface area (Å²) in [7, 11) is 1.91. The molecule has 2 aliphatic heterocycles. The van der Waals surface area contributed by atoms with Crippen molar-refractivity contribution < 1.29 is 4.79 Å². The summed E-state index contributed by atoms with van der Waals surface area (Å²) in [6.07, 6.45) is 4.57. The van der Waals surface area contributed by atoms with Crippen LogP contribution in [0.15, 0.2) is 42.7 Å². The number of amides is 1. The molecule has 0 radical (unpaired) electrons. The minimum absolute atomic E-state index is 0.182. The average Bonchev–Trinajstić information content (AvgIpc) is 3.13. The van der Waals surface area contributed by atoms with E-state index in [1.165, 1.54) is 5.56 Å². The second-order valence-electron chi connectivity index (χ2n) is 7.04. The predicted molar refractivity (Wildman–Crippen MR) is 92.9 cm³/mol. The van der Waals surface area contributed by atoms with Crippen LogP contribution in [-0.4, -0.2) is 47.5 Å². The van der Waals surface area contributed by atoms with Crippen molar-refractivity contribution in [2.75, 3.05) is 31.6 Å². The van der Waals surface area contributed by atoms with Crippen molar-refractivity contribution >= 4 is 11.9 Å². The molecule has 1 aromatic carbocycles. The van der Waals surface area contributed by atoms with E-state index in [1.807, 2.05) is 37.3 Å². The highest BCUT2D eigenvalue weighted by Gasteiger charge is 2.56. The van der Waals surface area contributed by atoms with Crippen LogP contribution in [0.4, 0.5) is 5.95 Å². The Morgan fingerprint density at radius 3 is 2.50 bits per heavy atom. The van der Waals surface area contributed by atoms with Crippen molar-refractivity contribution in [3.05, 3.63) is 53.9 Å². The van der Waals surface area contributed by atoms with Crippen LogP contribution in [0.25, 0.3) is 0 Å². The highest BCUT2D eigenvalue weighted by Crippen LogP contribution is 2.50. The molecule has 0 aliphatic carbocycles. The first kappa shape index (κ1) is 15.1. The number of likely N-dealkylation sites (tertiary alicyclic amines) is 1. The molecular formula is C19H22N4O. The molecule has 5 nitrogen and oxygen atoms in total. The second-order valence-corrected chi connectivity index (χ2v) is 7.04. The van der Waals surface area contributed by atoms with Gasteiger partial charge in [0.05, 0.1) is 5.41 Å². The largest absolute Gasteiger partial charge is 0.345 e. The number of anilines is 1. The fourth-order valence-corrected chi connectivity index (χ4v) is 4.15. The Morgan fingerprint density at radius 1 is 1.17 bits per heavy atom. The standard InChI is InChI=1S/C19H22N4O/c1-14-10-20-18(21-11-14)23-12-16(15-6-4-3-5-7-15)19(13-23)8-9-22(2)17(19)24/h3-7,10-11,16H,8-9,12-13H2,1-2H3/t16-,19+/m0/s1. The molecule has 0 N–H and O–H groups in total. The zero-order valence-corrected chi connectivity index (χ0v) is 14.1. The number of carbonyl (C=O) groups excluding carboxylic acids is 1. The molecule has 1 spiro atoms. The van der Waals surface area contributed by atoms with E-state index in [9.17, 15) is 4.79 Å². The van der Waals surface area contributed by atoms with Crippen molar-refractivity contribution in [1.29, 1.82) is 0 Å². The normalized spacial score (nSPS) is 26.6. The van der Waals surface area contributed by atoms with Gasteiger partial charge in [0.2, 0.25) is 11.9 Å². The van der Waals surface area contributed by atoms with Crippen LogP contribution in [0.1, 0.15) is 23.5 Å². The first-order valence-corrected chi connectivity index (χ1v) is 8.44. The molecule has 1 aromatic heterocycles. The van der Waals surface area contributed by atoms with Crippen LogP contribution < -0.4 is 4.90 Å². The molecule has 4 rings (SSSR count). The number of carbonyl (C=O) groups is 1. The van der Waals surface area contributed by atoms with Gasteiger partial charge in [0.15, 0.2) is 0 Å². The third-order valence-corrected chi connectivity index (χ3v) is 5.46. The maximum Gasteiger partial charge on any atom is 0.231 e. The van der Waals surface area contributed by atoms with Crippen molar-refractivity contribution in [1.82, 2.24) is 14.9 Å². The summed E-state index contributed by atoms with van der Waals surface area (Å²) in [5.74, 6) is 1.16. The fourth-order valence-electron chi connectivity index (χ4n) is 4.15. The number of aryl methyl sites for hydroxylation is 1. The van der Waals surface area contributed by atoms with Gasteiger partial charge in [-0.3, -0.25) is 4.79 Å². The lowest BCUT2D eigenvalue weighted by molar-refractivity contribution is -0.134. The first-order valence-electron chi connectivity index (χ1n) is 8.44. The molecule has 2 saturated heterocycles. The number of hydrogen-bond acceptors (Lipinski definition) is 4. The zero-order valence-electron chi connectivity index (χ0n) is 14.1. The van der Waals surface area contributed by atoms with Gasteiger partial charge in [-0.2, -0.15) is 0 Å². The molecule has 1 amide bonds. The van der Waals surface area contributed by atoms with E-state index >= 15 is 0 Å². The molecule has 3 heterocycles. The van der Waals surface area contributed by atoms with Crippen LogP contribution in [0, 0.1) is 12.3 Å². The second kappa shape index (κ2) is 5.58. The Balaban J connectivity index is 1.73. The van der Waals surface area contributed by atoms with Gasteiger partial charge in [0.1, 0.15) is 0 Å². The molecule has 2 aliphatic rings. The van der Waals surface area contributed by atoms with Gasteiger partial charge >= 0.3 is 0 Å². The molecule has 24 heavy (non-hydrogen) atoms. The summed E-state index contributed by atoms with van der Waals surface area (Å²) in [5.41, 5.74) is 1.92. The van der Waals surface area contributed by atoms with Gasteiger partial charge in [-0.25, -0.2) is 9.97 Å². The van der Waals surface area contributed by atoms with Crippen molar-refractivity contribution in [2.45, 2.75) is 19.3 Å². The van der Waals surface area contributed by atoms with Crippen molar-refractivity contribution in [3.63, 3.8) is 0 Å². The van der Waals surface area contributed by atoms with Gasteiger partial charge in [-0.15, -0.1) is 0 Å². The molecule has 0 saturated carbocycles. The molecule has 0 bridgehead atoms. The zero-order chi connectivity index (χ0) is 16.7. The SMILES string of the molecule is Cc1cnc(N2C[C@@H](c3ccccc3)[C@@]3(CCN(C)C3=O)C2)nc1.